The first kappa shape index (κ1) is 13.3. The third-order valence-corrected chi connectivity index (χ3v) is 3.92. The summed E-state index contributed by atoms with van der Waals surface area (Å²) in [7, 11) is 0. The van der Waals surface area contributed by atoms with Crippen molar-refractivity contribution >= 4 is 0 Å². The van der Waals surface area contributed by atoms with Gasteiger partial charge < -0.3 is 14.6 Å². The van der Waals surface area contributed by atoms with Gasteiger partial charge >= 0.3 is 0 Å². The molecule has 2 saturated heterocycles. The summed E-state index contributed by atoms with van der Waals surface area (Å²) in [6.45, 7) is 6.23. The van der Waals surface area contributed by atoms with Gasteiger partial charge in [0.1, 0.15) is 0 Å². The zero-order valence-electron chi connectivity index (χ0n) is 11.0. The molecule has 4 heteroatoms. The highest BCUT2D eigenvalue weighted by Gasteiger charge is 2.40. The largest absolute Gasteiger partial charge is 0.393 e. The monoisotopic (exact) mass is 243 g/mol. The lowest BCUT2D eigenvalue weighted by atomic mass is 10.00. The normalized spacial score (nSPS) is 33.5. The summed E-state index contributed by atoms with van der Waals surface area (Å²) in [4.78, 5) is 2.49. The van der Waals surface area contributed by atoms with Gasteiger partial charge in [-0.1, -0.05) is 0 Å². The fourth-order valence-electron chi connectivity index (χ4n) is 3.24. The molecule has 2 bridgehead atoms. The number of fused-ring (bicyclic) bond motifs is 2. The predicted octanol–water partition coefficient (Wildman–Crippen LogP) is 1.37. The van der Waals surface area contributed by atoms with Gasteiger partial charge in [0.15, 0.2) is 6.29 Å². The molecule has 2 aliphatic rings. The van der Waals surface area contributed by atoms with Gasteiger partial charge in [0.05, 0.1) is 12.6 Å². The highest BCUT2D eigenvalue weighted by Crippen LogP contribution is 2.35. The van der Waals surface area contributed by atoms with E-state index in [2.05, 4.69) is 4.90 Å². The summed E-state index contributed by atoms with van der Waals surface area (Å²) >= 11 is 0. The van der Waals surface area contributed by atoms with E-state index in [1.165, 1.54) is 12.8 Å². The second kappa shape index (κ2) is 6.14. The molecule has 0 saturated carbocycles. The number of rotatable bonds is 6. The van der Waals surface area contributed by atoms with E-state index >= 15 is 0 Å². The minimum atomic E-state index is -0.108. The third-order valence-electron chi connectivity index (χ3n) is 3.92. The zero-order chi connectivity index (χ0) is 12.3. The molecule has 2 fully saturated rings. The smallest absolute Gasteiger partial charge is 0.170 e. The van der Waals surface area contributed by atoms with Crippen LogP contribution in [0, 0.1) is 0 Å². The maximum Gasteiger partial charge on any atom is 0.170 e. The fourth-order valence-corrected chi connectivity index (χ4v) is 3.24. The maximum absolute atomic E-state index is 9.76. The Bertz CT molecular complexity index is 217. The van der Waals surface area contributed by atoms with Crippen LogP contribution in [-0.4, -0.2) is 54.2 Å². The Labute approximate surface area is 104 Å². The number of ether oxygens (including phenoxy) is 2. The topological polar surface area (TPSA) is 41.9 Å². The van der Waals surface area contributed by atoms with Crippen molar-refractivity contribution in [3.63, 3.8) is 0 Å². The first-order valence-corrected chi connectivity index (χ1v) is 6.91. The highest BCUT2D eigenvalue weighted by atomic mass is 16.7. The van der Waals surface area contributed by atoms with Crippen LogP contribution in [0.15, 0.2) is 0 Å². The molecule has 17 heavy (non-hydrogen) atoms. The van der Waals surface area contributed by atoms with Gasteiger partial charge in [-0.3, -0.25) is 4.90 Å². The molecule has 2 heterocycles. The summed E-state index contributed by atoms with van der Waals surface area (Å²) in [5, 5.41) is 9.76. The number of nitrogens with zero attached hydrogens (tertiary/aromatic N) is 1. The van der Waals surface area contributed by atoms with Crippen molar-refractivity contribution in [2.24, 2.45) is 0 Å². The van der Waals surface area contributed by atoms with Gasteiger partial charge in [0, 0.05) is 25.3 Å². The Hall–Kier alpha value is -0.160. The van der Waals surface area contributed by atoms with E-state index in [1.807, 2.05) is 13.8 Å². The molecule has 100 valence electrons. The van der Waals surface area contributed by atoms with Crippen LogP contribution < -0.4 is 0 Å². The van der Waals surface area contributed by atoms with Gasteiger partial charge in [0.2, 0.25) is 0 Å². The molecule has 0 aromatic rings. The summed E-state index contributed by atoms with van der Waals surface area (Å²) in [6.07, 6.45) is 4.06. The van der Waals surface area contributed by atoms with Crippen molar-refractivity contribution in [1.29, 1.82) is 0 Å². The number of piperidine rings is 1. The second-order valence-corrected chi connectivity index (χ2v) is 5.05. The lowest BCUT2D eigenvalue weighted by Gasteiger charge is -2.38. The van der Waals surface area contributed by atoms with Crippen LogP contribution in [0.4, 0.5) is 0 Å². The molecule has 2 rings (SSSR count). The van der Waals surface area contributed by atoms with Crippen molar-refractivity contribution in [1.82, 2.24) is 4.90 Å². The fraction of sp³-hybridized carbons (Fsp3) is 1.00. The zero-order valence-corrected chi connectivity index (χ0v) is 11.0. The molecule has 0 aromatic heterocycles. The van der Waals surface area contributed by atoms with Gasteiger partial charge in [-0.05, 0) is 39.5 Å². The molecule has 2 aliphatic heterocycles. The average Bonchev–Trinajstić information content (AvgIpc) is 2.54. The molecular formula is C13H25NO3. The molecule has 0 aromatic carbocycles. The minimum Gasteiger partial charge on any atom is -0.393 e. The Morgan fingerprint density at radius 2 is 1.65 bits per heavy atom. The van der Waals surface area contributed by atoms with Crippen molar-refractivity contribution in [3.8, 4) is 0 Å². The molecule has 0 radical (unpaired) electrons. The molecule has 0 spiro atoms. The Morgan fingerprint density at radius 3 is 2.12 bits per heavy atom. The molecule has 2 unspecified atom stereocenters. The van der Waals surface area contributed by atoms with E-state index < -0.39 is 0 Å². The maximum atomic E-state index is 9.76. The average molecular weight is 243 g/mol. The van der Waals surface area contributed by atoms with Gasteiger partial charge in [-0.2, -0.15) is 0 Å². The summed E-state index contributed by atoms with van der Waals surface area (Å²) in [5.41, 5.74) is 0. The first-order chi connectivity index (χ1) is 8.24. The quantitative estimate of drug-likeness (QED) is 0.716. The molecule has 0 amide bonds. The molecular weight excluding hydrogens is 218 g/mol. The van der Waals surface area contributed by atoms with Crippen molar-refractivity contribution < 1.29 is 14.6 Å². The lowest BCUT2D eigenvalue weighted by Crippen LogP contribution is -2.48. The van der Waals surface area contributed by atoms with Crippen molar-refractivity contribution in [3.05, 3.63) is 0 Å². The van der Waals surface area contributed by atoms with Crippen LogP contribution >= 0.6 is 0 Å². The van der Waals surface area contributed by atoms with Crippen LogP contribution in [0.3, 0.4) is 0 Å². The van der Waals surface area contributed by atoms with Gasteiger partial charge in [-0.25, -0.2) is 0 Å². The third kappa shape index (κ3) is 3.19. The van der Waals surface area contributed by atoms with Crippen LogP contribution in [0.25, 0.3) is 0 Å². The van der Waals surface area contributed by atoms with E-state index in [4.69, 9.17) is 9.47 Å². The van der Waals surface area contributed by atoms with E-state index in [1.54, 1.807) is 0 Å². The standard InChI is InChI=1S/C13H25NO3/c1-3-16-13(17-4-2)9-14-10-5-6-11(14)8-12(15)7-10/h10-13,15H,3-9H2,1-2H3. The molecule has 0 aliphatic carbocycles. The van der Waals surface area contributed by atoms with Gasteiger partial charge in [-0.15, -0.1) is 0 Å². The molecule has 2 atom stereocenters. The van der Waals surface area contributed by atoms with E-state index in [0.717, 1.165) is 19.4 Å². The number of aliphatic hydroxyl groups excluding tert-OH is 1. The van der Waals surface area contributed by atoms with Crippen LogP contribution in [0.5, 0.6) is 0 Å². The molecule has 4 nitrogen and oxygen atoms in total. The Balaban J connectivity index is 1.89. The second-order valence-electron chi connectivity index (χ2n) is 5.05. The summed E-state index contributed by atoms with van der Waals surface area (Å²) in [6, 6.07) is 1.07. The number of hydrogen-bond donors (Lipinski definition) is 1. The number of aliphatic hydroxyl groups is 1. The number of hydrogen-bond acceptors (Lipinski definition) is 4. The summed E-state index contributed by atoms with van der Waals surface area (Å²) < 4.78 is 11.2. The van der Waals surface area contributed by atoms with E-state index in [-0.39, 0.29) is 12.4 Å². The van der Waals surface area contributed by atoms with Crippen LogP contribution in [0.1, 0.15) is 39.5 Å². The Morgan fingerprint density at radius 1 is 1.12 bits per heavy atom. The van der Waals surface area contributed by atoms with Crippen LogP contribution in [-0.2, 0) is 9.47 Å². The van der Waals surface area contributed by atoms with E-state index in [0.29, 0.717) is 25.3 Å². The summed E-state index contributed by atoms with van der Waals surface area (Å²) in [5.74, 6) is 0. The van der Waals surface area contributed by atoms with E-state index in [9.17, 15) is 5.11 Å². The highest BCUT2D eigenvalue weighted by molar-refractivity contribution is 4.95. The van der Waals surface area contributed by atoms with Crippen molar-refractivity contribution in [2.75, 3.05) is 19.8 Å². The SMILES string of the molecule is CCOC(CN1C2CCC1CC(O)C2)OCC. The van der Waals surface area contributed by atoms with Crippen molar-refractivity contribution in [2.45, 2.75) is 64.0 Å². The van der Waals surface area contributed by atoms with Gasteiger partial charge in [0.25, 0.3) is 0 Å². The molecule has 1 N–H and O–H groups in total. The minimum absolute atomic E-state index is 0.0959. The van der Waals surface area contributed by atoms with Crippen LogP contribution in [0.2, 0.25) is 0 Å². The lowest BCUT2D eigenvalue weighted by molar-refractivity contribution is -0.156. The Kier molecular flexibility index (Phi) is 4.79. The predicted molar refractivity (Wildman–Crippen MR) is 65.8 cm³/mol. The first-order valence-electron chi connectivity index (χ1n) is 6.91.